The molecule has 0 saturated carbocycles. The third-order valence-electron chi connectivity index (χ3n) is 6.62. The molecule has 2 atom stereocenters. The van der Waals surface area contributed by atoms with Crippen molar-refractivity contribution in [3.63, 3.8) is 0 Å². The van der Waals surface area contributed by atoms with Gasteiger partial charge in [0.25, 0.3) is 0 Å². The number of benzene rings is 1. The zero-order valence-corrected chi connectivity index (χ0v) is 19.2. The number of hydrogen-bond donors (Lipinski definition) is 2. The van der Waals surface area contributed by atoms with E-state index in [0.29, 0.717) is 12.0 Å². The quantitative estimate of drug-likeness (QED) is 0.612. The smallest absolute Gasteiger partial charge is 0.192 e. The number of aliphatic hydroxyl groups excluding tert-OH is 1. The number of halogens is 1. The van der Waals surface area contributed by atoms with Crippen molar-refractivity contribution in [2.75, 3.05) is 6.61 Å². The van der Waals surface area contributed by atoms with Gasteiger partial charge < -0.3 is 14.8 Å². The Bertz CT molecular complexity index is 641. The molecule has 1 fully saturated rings. The summed E-state index contributed by atoms with van der Waals surface area (Å²) >= 11 is 0. The average Bonchev–Trinajstić information content (AvgIpc) is 2.98. The standard InChI is InChI=1S/C22H38FNO2Si/c1-20(2,3)27(6,7)26-21(4,5)19-13-15-22(24-19,14-10-16-25)17-11-8-9-12-18(17)23/h8-9,11-12,19,24-25H,10,13-16H2,1-7H3/t19-,22+/m1/s1. The molecule has 5 heteroatoms. The molecule has 0 radical (unpaired) electrons. The van der Waals surface area contributed by atoms with Gasteiger partial charge >= 0.3 is 0 Å². The van der Waals surface area contributed by atoms with Gasteiger partial charge in [-0.25, -0.2) is 4.39 Å². The van der Waals surface area contributed by atoms with Crippen molar-refractivity contribution >= 4 is 8.32 Å². The van der Waals surface area contributed by atoms with Crippen molar-refractivity contribution in [2.45, 2.75) is 95.6 Å². The number of nitrogens with one attached hydrogen (secondary N) is 1. The molecule has 27 heavy (non-hydrogen) atoms. The van der Waals surface area contributed by atoms with Crippen LogP contribution >= 0.6 is 0 Å². The lowest BCUT2D eigenvalue weighted by molar-refractivity contribution is 0.0500. The Kier molecular flexibility index (Phi) is 6.62. The molecule has 0 aromatic heterocycles. The first-order valence-electron chi connectivity index (χ1n) is 10.2. The molecule has 0 aliphatic carbocycles. The summed E-state index contributed by atoms with van der Waals surface area (Å²) in [6.45, 7) is 15.8. The minimum atomic E-state index is -1.92. The van der Waals surface area contributed by atoms with Crippen LogP contribution in [0.2, 0.25) is 18.1 Å². The fourth-order valence-corrected chi connectivity index (χ4v) is 5.81. The van der Waals surface area contributed by atoms with Crippen LogP contribution in [0.4, 0.5) is 4.39 Å². The molecular formula is C22H38FNO2Si. The Morgan fingerprint density at radius 2 is 1.85 bits per heavy atom. The molecule has 1 aliphatic heterocycles. The van der Waals surface area contributed by atoms with Crippen LogP contribution in [-0.2, 0) is 9.96 Å². The summed E-state index contributed by atoms with van der Waals surface area (Å²) in [5.74, 6) is -0.174. The van der Waals surface area contributed by atoms with Crippen molar-refractivity contribution in [3.8, 4) is 0 Å². The average molecular weight is 396 g/mol. The maximum atomic E-state index is 14.6. The van der Waals surface area contributed by atoms with Crippen molar-refractivity contribution in [2.24, 2.45) is 0 Å². The van der Waals surface area contributed by atoms with Crippen LogP contribution in [0.1, 0.15) is 65.9 Å². The summed E-state index contributed by atoms with van der Waals surface area (Å²) in [4.78, 5) is 0. The van der Waals surface area contributed by atoms with Crippen LogP contribution in [0.25, 0.3) is 0 Å². The highest BCUT2D eigenvalue weighted by Gasteiger charge is 2.49. The normalized spacial score (nSPS) is 24.4. The molecule has 1 saturated heterocycles. The molecule has 0 spiro atoms. The van der Waals surface area contributed by atoms with E-state index in [9.17, 15) is 9.50 Å². The highest BCUT2D eigenvalue weighted by Crippen LogP contribution is 2.45. The molecule has 1 heterocycles. The fraction of sp³-hybridized carbons (Fsp3) is 0.727. The summed E-state index contributed by atoms with van der Waals surface area (Å²) in [5.41, 5.74) is -0.0637. The Morgan fingerprint density at radius 3 is 2.41 bits per heavy atom. The second kappa shape index (κ2) is 7.94. The minimum Gasteiger partial charge on any atom is -0.410 e. The van der Waals surface area contributed by atoms with Gasteiger partial charge in [0, 0.05) is 23.8 Å². The first-order valence-corrected chi connectivity index (χ1v) is 13.1. The lowest BCUT2D eigenvalue weighted by atomic mass is 9.84. The van der Waals surface area contributed by atoms with E-state index in [4.69, 9.17) is 4.43 Å². The van der Waals surface area contributed by atoms with Crippen molar-refractivity contribution in [3.05, 3.63) is 35.6 Å². The van der Waals surface area contributed by atoms with Crippen molar-refractivity contribution < 1.29 is 13.9 Å². The summed E-state index contributed by atoms with van der Waals surface area (Å²) in [7, 11) is -1.92. The first-order chi connectivity index (χ1) is 12.3. The first kappa shape index (κ1) is 22.5. The van der Waals surface area contributed by atoms with E-state index >= 15 is 0 Å². The molecule has 154 valence electrons. The Morgan fingerprint density at radius 1 is 1.22 bits per heavy atom. The topological polar surface area (TPSA) is 41.5 Å². The monoisotopic (exact) mass is 395 g/mol. The molecule has 0 unspecified atom stereocenters. The van der Waals surface area contributed by atoms with Gasteiger partial charge in [-0.2, -0.15) is 0 Å². The second-order valence-electron chi connectivity index (χ2n) is 10.1. The van der Waals surface area contributed by atoms with Gasteiger partial charge in [0.1, 0.15) is 5.82 Å². The van der Waals surface area contributed by atoms with Crippen LogP contribution in [0.5, 0.6) is 0 Å². The Balaban J connectivity index is 2.28. The second-order valence-corrected chi connectivity index (χ2v) is 14.8. The van der Waals surface area contributed by atoms with Gasteiger partial charge in [0.15, 0.2) is 8.32 Å². The van der Waals surface area contributed by atoms with Crippen LogP contribution in [0, 0.1) is 5.82 Å². The molecule has 2 N–H and O–H groups in total. The molecule has 2 rings (SSSR count). The molecule has 1 aromatic carbocycles. The highest BCUT2D eigenvalue weighted by atomic mass is 28.4. The zero-order valence-electron chi connectivity index (χ0n) is 18.2. The van der Waals surface area contributed by atoms with Gasteiger partial charge in [-0.05, 0) is 63.7 Å². The van der Waals surface area contributed by atoms with Gasteiger partial charge in [-0.3, -0.25) is 0 Å². The number of rotatable bonds is 7. The van der Waals surface area contributed by atoms with E-state index in [1.54, 1.807) is 6.07 Å². The van der Waals surface area contributed by atoms with E-state index in [1.807, 2.05) is 12.1 Å². The van der Waals surface area contributed by atoms with E-state index in [-0.39, 0.29) is 29.1 Å². The van der Waals surface area contributed by atoms with Crippen molar-refractivity contribution in [1.29, 1.82) is 0 Å². The number of aliphatic hydroxyl groups is 1. The molecule has 0 amide bonds. The highest BCUT2D eigenvalue weighted by molar-refractivity contribution is 6.74. The zero-order chi connectivity index (χ0) is 20.5. The summed E-state index contributed by atoms with van der Waals surface area (Å²) < 4.78 is 21.4. The third kappa shape index (κ3) is 4.81. The van der Waals surface area contributed by atoms with Gasteiger partial charge in [-0.1, -0.05) is 39.0 Å². The lowest BCUT2D eigenvalue weighted by Gasteiger charge is -2.46. The molecule has 1 aromatic rings. The minimum absolute atomic E-state index is 0.117. The van der Waals surface area contributed by atoms with E-state index < -0.39 is 13.9 Å². The summed E-state index contributed by atoms with van der Waals surface area (Å²) in [5, 5.41) is 13.3. The molecule has 1 aliphatic rings. The SMILES string of the molecule is CC(C)(O[Si](C)(C)C(C)(C)C)[C@H]1CC[C@@](CCCO)(c2ccccc2F)N1. The van der Waals surface area contributed by atoms with Gasteiger partial charge in [0.05, 0.1) is 5.60 Å². The van der Waals surface area contributed by atoms with Crippen LogP contribution < -0.4 is 5.32 Å². The van der Waals surface area contributed by atoms with E-state index in [0.717, 1.165) is 19.3 Å². The van der Waals surface area contributed by atoms with Crippen LogP contribution in [-0.4, -0.2) is 31.7 Å². The third-order valence-corrected chi connectivity index (χ3v) is 11.3. The Labute approximate surface area is 165 Å². The summed E-state index contributed by atoms with van der Waals surface area (Å²) in [6.07, 6.45) is 3.15. The van der Waals surface area contributed by atoms with E-state index in [2.05, 4.69) is 53.0 Å². The number of hydrogen-bond acceptors (Lipinski definition) is 3. The van der Waals surface area contributed by atoms with Gasteiger partial charge in [0.2, 0.25) is 0 Å². The predicted molar refractivity (Wildman–Crippen MR) is 113 cm³/mol. The maximum Gasteiger partial charge on any atom is 0.192 e. The predicted octanol–water partition coefficient (Wildman–Crippen LogP) is 5.35. The molecule has 3 nitrogen and oxygen atoms in total. The lowest BCUT2D eigenvalue weighted by Crippen LogP contribution is -2.56. The molecular weight excluding hydrogens is 357 g/mol. The molecule has 0 bridgehead atoms. The van der Waals surface area contributed by atoms with Gasteiger partial charge in [-0.15, -0.1) is 0 Å². The largest absolute Gasteiger partial charge is 0.410 e. The Hall–Kier alpha value is -0.753. The summed E-state index contributed by atoms with van der Waals surface area (Å²) in [6, 6.07) is 7.18. The van der Waals surface area contributed by atoms with E-state index in [1.165, 1.54) is 6.07 Å². The van der Waals surface area contributed by atoms with Crippen molar-refractivity contribution in [1.82, 2.24) is 5.32 Å². The van der Waals surface area contributed by atoms with Crippen LogP contribution in [0.15, 0.2) is 24.3 Å². The van der Waals surface area contributed by atoms with Crippen LogP contribution in [0.3, 0.4) is 0 Å². The maximum absolute atomic E-state index is 14.6. The fourth-order valence-electron chi connectivity index (χ4n) is 4.05.